The molecule has 1 N–H and O–H groups in total. The molecule has 4 nitrogen and oxygen atoms in total. The van der Waals surface area contributed by atoms with E-state index in [1.54, 1.807) is 12.4 Å². The SMILES string of the molecule is CCN(CC)c1ccc(NC(C)c2cncc(F)c2)cn1. The number of hydrogen-bond acceptors (Lipinski definition) is 4. The highest BCUT2D eigenvalue weighted by atomic mass is 19.1. The molecule has 5 heteroatoms. The van der Waals surface area contributed by atoms with Crippen LogP contribution in [-0.4, -0.2) is 23.1 Å². The molecule has 0 bridgehead atoms. The van der Waals surface area contributed by atoms with Crippen LogP contribution in [-0.2, 0) is 0 Å². The predicted octanol–water partition coefficient (Wildman–Crippen LogP) is 3.64. The second-order valence-corrected chi connectivity index (χ2v) is 4.88. The topological polar surface area (TPSA) is 41.0 Å². The minimum Gasteiger partial charge on any atom is -0.377 e. The third kappa shape index (κ3) is 3.90. The van der Waals surface area contributed by atoms with Gasteiger partial charge in [-0.25, -0.2) is 9.37 Å². The number of nitrogens with one attached hydrogen (secondary N) is 1. The van der Waals surface area contributed by atoms with Gasteiger partial charge in [0.25, 0.3) is 0 Å². The molecule has 0 aromatic carbocycles. The summed E-state index contributed by atoms with van der Waals surface area (Å²) in [4.78, 5) is 10.5. The fourth-order valence-electron chi connectivity index (χ4n) is 2.20. The molecule has 2 aromatic heterocycles. The molecule has 0 spiro atoms. The molecule has 2 heterocycles. The van der Waals surface area contributed by atoms with Gasteiger partial charge in [0.1, 0.15) is 11.6 Å². The lowest BCUT2D eigenvalue weighted by Crippen LogP contribution is -2.22. The zero-order valence-corrected chi connectivity index (χ0v) is 12.7. The Morgan fingerprint density at radius 1 is 1.19 bits per heavy atom. The van der Waals surface area contributed by atoms with Crippen LogP contribution in [0.4, 0.5) is 15.9 Å². The highest BCUT2D eigenvalue weighted by Crippen LogP contribution is 2.20. The summed E-state index contributed by atoms with van der Waals surface area (Å²) in [6, 6.07) is 5.44. The van der Waals surface area contributed by atoms with E-state index in [0.29, 0.717) is 0 Å². The number of nitrogens with zero attached hydrogens (tertiary/aromatic N) is 3. The van der Waals surface area contributed by atoms with Crippen molar-refractivity contribution < 1.29 is 4.39 Å². The van der Waals surface area contributed by atoms with Gasteiger partial charge in [-0.1, -0.05) is 0 Å². The van der Waals surface area contributed by atoms with Crippen LogP contribution in [0.1, 0.15) is 32.4 Å². The van der Waals surface area contributed by atoms with Crippen molar-refractivity contribution >= 4 is 11.5 Å². The van der Waals surface area contributed by atoms with Gasteiger partial charge < -0.3 is 10.2 Å². The van der Waals surface area contributed by atoms with Gasteiger partial charge in [-0.05, 0) is 44.5 Å². The van der Waals surface area contributed by atoms with E-state index >= 15 is 0 Å². The summed E-state index contributed by atoms with van der Waals surface area (Å²) >= 11 is 0. The Labute approximate surface area is 125 Å². The van der Waals surface area contributed by atoms with Crippen LogP contribution in [0.15, 0.2) is 36.8 Å². The van der Waals surface area contributed by atoms with Gasteiger partial charge in [-0.3, -0.25) is 4.98 Å². The second-order valence-electron chi connectivity index (χ2n) is 4.88. The number of aromatic nitrogens is 2. The Morgan fingerprint density at radius 3 is 2.52 bits per heavy atom. The maximum atomic E-state index is 13.2. The average molecular weight is 288 g/mol. The molecular weight excluding hydrogens is 267 g/mol. The molecule has 0 aliphatic rings. The van der Waals surface area contributed by atoms with Crippen LogP contribution in [0.3, 0.4) is 0 Å². The molecule has 0 radical (unpaired) electrons. The first-order valence-electron chi connectivity index (χ1n) is 7.22. The Balaban J connectivity index is 2.06. The Morgan fingerprint density at radius 2 is 1.95 bits per heavy atom. The summed E-state index contributed by atoms with van der Waals surface area (Å²) < 4.78 is 13.2. The monoisotopic (exact) mass is 288 g/mol. The predicted molar refractivity (Wildman–Crippen MR) is 84.0 cm³/mol. The number of anilines is 2. The fourth-order valence-corrected chi connectivity index (χ4v) is 2.20. The first kappa shape index (κ1) is 15.2. The number of rotatable bonds is 6. The van der Waals surface area contributed by atoms with Crippen LogP contribution in [0.25, 0.3) is 0 Å². The van der Waals surface area contributed by atoms with Crippen LogP contribution in [0, 0.1) is 5.82 Å². The molecule has 2 aromatic rings. The Bertz CT molecular complexity index is 567. The second kappa shape index (κ2) is 7.02. The molecule has 0 amide bonds. The first-order valence-corrected chi connectivity index (χ1v) is 7.22. The number of hydrogen-bond donors (Lipinski definition) is 1. The Hall–Kier alpha value is -2.17. The molecule has 112 valence electrons. The lowest BCUT2D eigenvalue weighted by molar-refractivity contribution is 0.616. The molecule has 0 fully saturated rings. The van der Waals surface area contributed by atoms with Gasteiger partial charge in [-0.15, -0.1) is 0 Å². The van der Waals surface area contributed by atoms with Crippen molar-refractivity contribution in [2.75, 3.05) is 23.3 Å². The molecule has 2 rings (SSSR count). The van der Waals surface area contributed by atoms with Crippen LogP contribution >= 0.6 is 0 Å². The van der Waals surface area contributed by atoms with E-state index in [1.807, 2.05) is 19.1 Å². The summed E-state index contributed by atoms with van der Waals surface area (Å²) in [5.74, 6) is 0.641. The Kier molecular flexibility index (Phi) is 5.09. The van der Waals surface area contributed by atoms with Crippen LogP contribution in [0.5, 0.6) is 0 Å². The van der Waals surface area contributed by atoms with E-state index in [1.165, 1.54) is 12.3 Å². The molecule has 0 aliphatic carbocycles. The third-order valence-electron chi connectivity index (χ3n) is 3.44. The fraction of sp³-hybridized carbons (Fsp3) is 0.375. The summed E-state index contributed by atoms with van der Waals surface area (Å²) in [5, 5.41) is 3.30. The highest BCUT2D eigenvalue weighted by molar-refractivity contribution is 5.49. The van der Waals surface area contributed by atoms with E-state index in [4.69, 9.17) is 0 Å². The van der Waals surface area contributed by atoms with Crippen molar-refractivity contribution in [3.05, 3.63) is 48.2 Å². The minimum atomic E-state index is -0.323. The molecule has 1 unspecified atom stereocenters. The number of pyridine rings is 2. The molecular formula is C16H21FN4. The summed E-state index contributed by atoms with van der Waals surface area (Å²) in [6.07, 6.45) is 4.67. The van der Waals surface area contributed by atoms with E-state index in [-0.39, 0.29) is 11.9 Å². The zero-order chi connectivity index (χ0) is 15.2. The van der Waals surface area contributed by atoms with Crippen molar-refractivity contribution in [3.8, 4) is 0 Å². The highest BCUT2D eigenvalue weighted by Gasteiger charge is 2.08. The average Bonchev–Trinajstić information content (AvgIpc) is 2.50. The van der Waals surface area contributed by atoms with E-state index in [2.05, 4.69) is 34.0 Å². The van der Waals surface area contributed by atoms with Crippen molar-refractivity contribution in [1.82, 2.24) is 9.97 Å². The van der Waals surface area contributed by atoms with Gasteiger partial charge in [0.2, 0.25) is 0 Å². The van der Waals surface area contributed by atoms with Gasteiger partial charge in [0, 0.05) is 19.3 Å². The van der Waals surface area contributed by atoms with Crippen LogP contribution in [0.2, 0.25) is 0 Å². The quantitative estimate of drug-likeness (QED) is 0.881. The smallest absolute Gasteiger partial charge is 0.141 e. The lowest BCUT2D eigenvalue weighted by atomic mass is 10.1. The van der Waals surface area contributed by atoms with Crippen molar-refractivity contribution in [2.45, 2.75) is 26.8 Å². The molecule has 0 aliphatic heterocycles. The van der Waals surface area contributed by atoms with Gasteiger partial charge in [0.15, 0.2) is 0 Å². The third-order valence-corrected chi connectivity index (χ3v) is 3.44. The maximum absolute atomic E-state index is 13.2. The summed E-state index contributed by atoms with van der Waals surface area (Å²) in [7, 11) is 0. The van der Waals surface area contributed by atoms with Crippen molar-refractivity contribution in [2.24, 2.45) is 0 Å². The molecule has 1 atom stereocenters. The van der Waals surface area contributed by atoms with E-state index in [0.717, 1.165) is 30.2 Å². The van der Waals surface area contributed by atoms with E-state index < -0.39 is 0 Å². The maximum Gasteiger partial charge on any atom is 0.141 e. The molecule has 21 heavy (non-hydrogen) atoms. The minimum absolute atomic E-state index is 0.0331. The number of halogens is 1. The summed E-state index contributed by atoms with van der Waals surface area (Å²) in [5.41, 5.74) is 1.71. The van der Waals surface area contributed by atoms with E-state index in [9.17, 15) is 4.39 Å². The first-order chi connectivity index (χ1) is 10.1. The van der Waals surface area contributed by atoms with Crippen molar-refractivity contribution in [3.63, 3.8) is 0 Å². The molecule has 0 saturated heterocycles. The van der Waals surface area contributed by atoms with Crippen LogP contribution < -0.4 is 10.2 Å². The van der Waals surface area contributed by atoms with Gasteiger partial charge in [0.05, 0.1) is 24.1 Å². The normalized spacial score (nSPS) is 12.0. The zero-order valence-electron chi connectivity index (χ0n) is 12.7. The van der Waals surface area contributed by atoms with Gasteiger partial charge >= 0.3 is 0 Å². The standard InChI is InChI=1S/C16H21FN4/c1-4-21(5-2)16-7-6-15(11-19-16)20-12(3)13-8-14(17)10-18-9-13/h6-12,20H,4-5H2,1-3H3. The summed E-state index contributed by atoms with van der Waals surface area (Å²) in [6.45, 7) is 8.05. The largest absolute Gasteiger partial charge is 0.377 e. The lowest BCUT2D eigenvalue weighted by Gasteiger charge is -2.20. The van der Waals surface area contributed by atoms with Crippen molar-refractivity contribution in [1.29, 1.82) is 0 Å². The molecule has 0 saturated carbocycles. The van der Waals surface area contributed by atoms with Gasteiger partial charge in [-0.2, -0.15) is 0 Å².